The monoisotopic (exact) mass is 326 g/mol. The van der Waals surface area contributed by atoms with Crippen LogP contribution in [0.5, 0.6) is 0 Å². The minimum atomic E-state index is -0.425. The summed E-state index contributed by atoms with van der Waals surface area (Å²) < 4.78 is 13.1. The molecule has 0 saturated carbocycles. The second-order valence-electron chi connectivity index (χ2n) is 4.33. The summed E-state index contributed by atoms with van der Waals surface area (Å²) in [5, 5.41) is 9.03. The van der Waals surface area contributed by atoms with Crippen LogP contribution in [0.2, 0.25) is 0 Å². The number of halogens is 1. The van der Waals surface area contributed by atoms with Crippen molar-refractivity contribution >= 4 is 34.1 Å². The summed E-state index contributed by atoms with van der Waals surface area (Å²) in [5.74, 6) is 0.533. The smallest absolute Gasteiger partial charge is 0.228 e. The van der Waals surface area contributed by atoms with Crippen LogP contribution in [-0.2, 0) is 4.79 Å². The molecule has 2 heterocycles. The average Bonchev–Trinajstić information content (AvgIpc) is 2.96. The van der Waals surface area contributed by atoms with Crippen molar-refractivity contribution in [3.8, 4) is 10.6 Å². The first-order valence-electron chi connectivity index (χ1n) is 6.31. The number of anilines is 1. The molecule has 0 fully saturated rings. The predicted octanol–water partition coefficient (Wildman–Crippen LogP) is 2.85. The summed E-state index contributed by atoms with van der Waals surface area (Å²) in [6.07, 6.45) is 5.98. The number of hydrogen-bond acceptors (Lipinski definition) is 6. The number of thioether (sulfide) groups is 1. The van der Waals surface area contributed by atoms with Gasteiger partial charge in [-0.25, -0.2) is 4.39 Å². The highest BCUT2D eigenvalue weighted by Crippen LogP contribution is 2.28. The van der Waals surface area contributed by atoms with Gasteiger partial charge in [-0.05, 0) is 24.5 Å². The lowest BCUT2D eigenvalue weighted by atomic mass is 10.3. The van der Waals surface area contributed by atoms with Crippen molar-refractivity contribution in [3.63, 3.8) is 0 Å². The minimum Gasteiger partial charge on any atom is -0.290 e. The molecule has 0 aromatic carbocycles. The lowest BCUT2D eigenvalue weighted by Gasteiger charge is -2.12. The summed E-state index contributed by atoms with van der Waals surface area (Å²) in [4.78, 5) is 17.3. The van der Waals surface area contributed by atoms with E-state index in [9.17, 15) is 9.18 Å². The predicted molar refractivity (Wildman–Crippen MR) is 84.1 cm³/mol. The van der Waals surface area contributed by atoms with E-state index in [4.69, 9.17) is 0 Å². The second-order valence-corrected chi connectivity index (χ2v) is 6.27. The first kappa shape index (κ1) is 15.8. The van der Waals surface area contributed by atoms with Gasteiger partial charge >= 0.3 is 0 Å². The van der Waals surface area contributed by atoms with E-state index in [0.717, 1.165) is 18.4 Å². The second kappa shape index (κ2) is 7.46. The van der Waals surface area contributed by atoms with Gasteiger partial charge < -0.3 is 0 Å². The van der Waals surface area contributed by atoms with Gasteiger partial charge in [0, 0.05) is 25.2 Å². The van der Waals surface area contributed by atoms with Crippen LogP contribution in [-0.4, -0.2) is 40.1 Å². The maximum Gasteiger partial charge on any atom is 0.228 e. The highest BCUT2D eigenvalue weighted by atomic mass is 32.2. The number of carbonyl (C=O) groups is 1. The largest absolute Gasteiger partial charge is 0.290 e. The summed E-state index contributed by atoms with van der Waals surface area (Å²) in [7, 11) is 1.68. The fourth-order valence-electron chi connectivity index (χ4n) is 1.64. The number of hydrogen-bond donors (Lipinski definition) is 0. The van der Waals surface area contributed by atoms with E-state index in [2.05, 4.69) is 15.2 Å². The Labute approximate surface area is 130 Å². The Balaban J connectivity index is 2.07. The molecule has 8 heteroatoms. The molecule has 21 heavy (non-hydrogen) atoms. The van der Waals surface area contributed by atoms with Crippen molar-refractivity contribution in [2.75, 3.05) is 24.0 Å². The first-order chi connectivity index (χ1) is 10.1. The molecule has 2 rings (SSSR count). The molecule has 1 amide bonds. The average molecular weight is 326 g/mol. The Hall–Kier alpha value is -1.54. The Morgan fingerprint density at radius 3 is 2.95 bits per heavy atom. The van der Waals surface area contributed by atoms with E-state index >= 15 is 0 Å². The van der Waals surface area contributed by atoms with E-state index in [1.807, 2.05) is 6.26 Å². The van der Waals surface area contributed by atoms with Crippen LogP contribution in [0, 0.1) is 5.82 Å². The van der Waals surface area contributed by atoms with Crippen molar-refractivity contribution < 1.29 is 9.18 Å². The van der Waals surface area contributed by atoms with Gasteiger partial charge in [-0.3, -0.25) is 14.7 Å². The normalized spacial score (nSPS) is 10.6. The Bertz CT molecular complexity index is 620. The van der Waals surface area contributed by atoms with Crippen LogP contribution >= 0.6 is 23.1 Å². The molecule has 0 atom stereocenters. The highest BCUT2D eigenvalue weighted by molar-refractivity contribution is 7.98. The van der Waals surface area contributed by atoms with Crippen LogP contribution in [0.3, 0.4) is 0 Å². The molecule has 0 unspecified atom stereocenters. The zero-order chi connectivity index (χ0) is 15.2. The van der Waals surface area contributed by atoms with Crippen molar-refractivity contribution in [2.45, 2.75) is 12.8 Å². The van der Waals surface area contributed by atoms with E-state index < -0.39 is 5.82 Å². The molecule has 0 aliphatic carbocycles. The maximum absolute atomic E-state index is 13.1. The third-order valence-corrected chi connectivity index (χ3v) is 4.51. The third kappa shape index (κ3) is 4.21. The summed E-state index contributed by atoms with van der Waals surface area (Å²) in [6.45, 7) is 0. The number of rotatable bonds is 6. The van der Waals surface area contributed by atoms with E-state index in [0.29, 0.717) is 22.1 Å². The van der Waals surface area contributed by atoms with E-state index in [-0.39, 0.29) is 5.91 Å². The molecule has 0 aliphatic rings. The number of aromatic nitrogens is 3. The molecule has 0 spiro atoms. The minimum absolute atomic E-state index is 0.00381. The van der Waals surface area contributed by atoms with Gasteiger partial charge in [-0.1, -0.05) is 11.3 Å². The van der Waals surface area contributed by atoms with Crippen molar-refractivity contribution in [1.29, 1.82) is 0 Å². The zero-order valence-electron chi connectivity index (χ0n) is 11.7. The molecule has 0 radical (unpaired) electrons. The molecule has 0 aliphatic heterocycles. The standard InChI is InChI=1S/C13H15FN4OS2/c1-18(11(19)4-3-5-20-2)13-17-16-12(21-13)9-6-10(14)8-15-7-9/h6-8H,3-5H2,1-2H3. The maximum atomic E-state index is 13.1. The Morgan fingerprint density at radius 1 is 1.43 bits per heavy atom. The molecule has 112 valence electrons. The molecule has 0 bridgehead atoms. The molecule has 2 aromatic rings. The summed E-state index contributed by atoms with van der Waals surface area (Å²) in [6, 6.07) is 1.34. The topological polar surface area (TPSA) is 59.0 Å². The van der Waals surface area contributed by atoms with Crippen LogP contribution in [0.15, 0.2) is 18.5 Å². The zero-order valence-corrected chi connectivity index (χ0v) is 13.4. The molecule has 0 saturated heterocycles. The SMILES string of the molecule is CSCCCC(=O)N(C)c1nnc(-c2cncc(F)c2)s1. The molecule has 5 nitrogen and oxygen atoms in total. The number of amides is 1. The highest BCUT2D eigenvalue weighted by Gasteiger charge is 2.16. The van der Waals surface area contributed by atoms with Crippen LogP contribution in [0.1, 0.15) is 12.8 Å². The van der Waals surface area contributed by atoms with Gasteiger partial charge in [0.15, 0.2) is 5.01 Å². The first-order valence-corrected chi connectivity index (χ1v) is 8.52. The molecule has 0 N–H and O–H groups in total. The van der Waals surface area contributed by atoms with Crippen molar-refractivity contribution in [3.05, 3.63) is 24.3 Å². The third-order valence-electron chi connectivity index (χ3n) is 2.77. The van der Waals surface area contributed by atoms with Crippen molar-refractivity contribution in [2.24, 2.45) is 0 Å². The molecular formula is C13H15FN4OS2. The number of carbonyl (C=O) groups excluding carboxylic acids is 1. The number of pyridine rings is 1. The van der Waals surface area contributed by atoms with E-state index in [1.165, 1.54) is 28.5 Å². The van der Waals surface area contributed by atoms with E-state index in [1.54, 1.807) is 18.8 Å². The summed E-state index contributed by atoms with van der Waals surface area (Å²) >= 11 is 2.96. The van der Waals surface area contributed by atoms with Crippen LogP contribution < -0.4 is 4.90 Å². The van der Waals surface area contributed by atoms with Gasteiger partial charge in [0.2, 0.25) is 11.0 Å². The fourth-order valence-corrected chi connectivity index (χ4v) is 2.88. The van der Waals surface area contributed by atoms with Gasteiger partial charge in [0.05, 0.1) is 6.20 Å². The Morgan fingerprint density at radius 2 is 2.24 bits per heavy atom. The lowest BCUT2D eigenvalue weighted by molar-refractivity contribution is -0.118. The molecular weight excluding hydrogens is 311 g/mol. The lowest BCUT2D eigenvalue weighted by Crippen LogP contribution is -2.25. The van der Waals surface area contributed by atoms with Crippen molar-refractivity contribution in [1.82, 2.24) is 15.2 Å². The Kier molecular flexibility index (Phi) is 5.63. The summed E-state index contributed by atoms with van der Waals surface area (Å²) in [5.41, 5.74) is 0.557. The van der Waals surface area contributed by atoms with Gasteiger partial charge in [-0.15, -0.1) is 10.2 Å². The number of nitrogens with zero attached hydrogens (tertiary/aromatic N) is 4. The van der Waals surface area contributed by atoms with Gasteiger partial charge in [-0.2, -0.15) is 11.8 Å². The van der Waals surface area contributed by atoms with Crippen LogP contribution in [0.4, 0.5) is 9.52 Å². The molecule has 2 aromatic heterocycles. The van der Waals surface area contributed by atoms with Gasteiger partial charge in [0.1, 0.15) is 5.82 Å². The van der Waals surface area contributed by atoms with Crippen LogP contribution in [0.25, 0.3) is 10.6 Å². The van der Waals surface area contributed by atoms with Gasteiger partial charge in [0.25, 0.3) is 0 Å². The quantitative estimate of drug-likeness (QED) is 0.764. The fraction of sp³-hybridized carbons (Fsp3) is 0.385.